The van der Waals surface area contributed by atoms with Crippen LogP contribution in [0.25, 0.3) is 17.2 Å². The molecule has 0 aliphatic rings. The normalized spacial score (nSPS) is 10.7. The lowest BCUT2D eigenvalue weighted by Crippen LogP contribution is -2.10. The van der Waals surface area contributed by atoms with E-state index in [9.17, 15) is 4.39 Å². The Labute approximate surface area is 157 Å². The van der Waals surface area contributed by atoms with Crippen LogP contribution in [0, 0.1) is 5.95 Å². The highest BCUT2D eigenvalue weighted by Gasteiger charge is 2.13. The van der Waals surface area contributed by atoms with Crippen LogP contribution in [-0.2, 0) is 13.0 Å². The molecule has 4 heterocycles. The predicted molar refractivity (Wildman–Crippen MR) is 103 cm³/mol. The van der Waals surface area contributed by atoms with Gasteiger partial charge in [0.05, 0.1) is 18.4 Å². The third-order valence-electron chi connectivity index (χ3n) is 4.10. The second-order valence-electron chi connectivity index (χ2n) is 5.78. The van der Waals surface area contributed by atoms with E-state index in [4.69, 9.17) is 0 Å². The number of rotatable bonds is 5. The monoisotopic (exact) mass is 366 g/mol. The highest BCUT2D eigenvalue weighted by molar-refractivity contribution is 5.49. The van der Waals surface area contributed by atoms with Crippen molar-refractivity contribution in [2.45, 2.75) is 40.2 Å². The Hall–Kier alpha value is -3.09. The Kier molecular flexibility index (Phi) is 5.90. The van der Waals surface area contributed by atoms with Gasteiger partial charge in [0.2, 0.25) is 5.95 Å². The topological polar surface area (TPSA) is 60.9 Å². The number of nitrogens with zero attached hydrogens (tertiary/aromatic N) is 6. The fraction of sp³-hybridized carbons (Fsp3) is 0.300. The minimum Gasteiger partial charge on any atom is -0.324 e. The van der Waals surface area contributed by atoms with E-state index in [0.29, 0.717) is 18.1 Å². The quantitative estimate of drug-likeness (QED) is 0.498. The van der Waals surface area contributed by atoms with Gasteiger partial charge in [0.1, 0.15) is 5.69 Å². The first-order valence-electron chi connectivity index (χ1n) is 9.20. The summed E-state index contributed by atoms with van der Waals surface area (Å²) < 4.78 is 17.5. The molecule has 0 aliphatic heterocycles. The van der Waals surface area contributed by atoms with E-state index < -0.39 is 5.95 Å². The van der Waals surface area contributed by atoms with Gasteiger partial charge >= 0.3 is 0 Å². The number of hydrogen-bond donors (Lipinski definition) is 0. The third-order valence-corrected chi connectivity index (χ3v) is 4.10. The maximum Gasteiger partial charge on any atom is 0.213 e. The average molecular weight is 366 g/mol. The maximum atomic E-state index is 13.5. The van der Waals surface area contributed by atoms with Crippen LogP contribution in [0.5, 0.6) is 0 Å². The Balaban J connectivity index is 0.00000102. The summed E-state index contributed by atoms with van der Waals surface area (Å²) in [5.74, 6) is 0.103. The van der Waals surface area contributed by atoms with Crippen molar-refractivity contribution in [1.29, 1.82) is 0 Å². The van der Waals surface area contributed by atoms with Crippen molar-refractivity contribution in [3.8, 4) is 11.5 Å². The highest BCUT2D eigenvalue weighted by Crippen LogP contribution is 2.19. The minimum absolute atomic E-state index is 0.505. The molecule has 140 valence electrons. The predicted octanol–water partition coefficient (Wildman–Crippen LogP) is 4.15. The fourth-order valence-electron chi connectivity index (χ4n) is 2.99. The number of fused-ring (bicyclic) bond motifs is 1. The van der Waals surface area contributed by atoms with Gasteiger partial charge in [-0.05, 0) is 18.6 Å². The number of aromatic nitrogens is 6. The highest BCUT2D eigenvalue weighted by atomic mass is 19.1. The number of halogens is 1. The molecule has 4 rings (SSSR count). The van der Waals surface area contributed by atoms with E-state index in [1.165, 1.54) is 6.07 Å². The number of pyridine rings is 1. The van der Waals surface area contributed by atoms with Gasteiger partial charge in [0, 0.05) is 30.5 Å². The lowest BCUT2D eigenvalue weighted by molar-refractivity contribution is 0.584. The zero-order chi connectivity index (χ0) is 19.2. The molecule has 0 radical (unpaired) electrons. The molecule has 0 saturated heterocycles. The zero-order valence-electron chi connectivity index (χ0n) is 15.8. The van der Waals surface area contributed by atoms with Crippen molar-refractivity contribution >= 4 is 5.65 Å². The SMILES string of the molecule is CC.CCCc1c(Cn2ccnc2-c2cccc(F)n2)ncc2nccn12. The summed E-state index contributed by atoms with van der Waals surface area (Å²) in [6.45, 7) is 6.68. The van der Waals surface area contributed by atoms with Crippen molar-refractivity contribution in [2.24, 2.45) is 0 Å². The van der Waals surface area contributed by atoms with E-state index in [1.54, 1.807) is 30.7 Å². The smallest absolute Gasteiger partial charge is 0.213 e. The van der Waals surface area contributed by atoms with Gasteiger partial charge in [-0.1, -0.05) is 33.3 Å². The first-order chi connectivity index (χ1) is 13.3. The standard InChI is InChI=1S/C18H17FN6.C2H6/c1-2-4-15-14(22-11-17-20-8-10-25(15)17)12-24-9-7-21-18(24)13-5-3-6-16(19)23-13;1-2/h3,5-11H,2,4,12H2,1H3;1-2H3. The van der Waals surface area contributed by atoms with Crippen LogP contribution in [0.4, 0.5) is 4.39 Å². The van der Waals surface area contributed by atoms with Gasteiger partial charge in [-0.2, -0.15) is 4.39 Å². The van der Waals surface area contributed by atoms with Crippen LogP contribution in [0.1, 0.15) is 38.6 Å². The van der Waals surface area contributed by atoms with Crippen molar-refractivity contribution in [2.75, 3.05) is 0 Å². The van der Waals surface area contributed by atoms with Gasteiger partial charge in [0.15, 0.2) is 11.5 Å². The summed E-state index contributed by atoms with van der Waals surface area (Å²) >= 11 is 0. The van der Waals surface area contributed by atoms with Gasteiger partial charge in [-0.15, -0.1) is 0 Å². The van der Waals surface area contributed by atoms with E-state index in [1.807, 2.05) is 30.8 Å². The lowest BCUT2D eigenvalue weighted by Gasteiger charge is -2.13. The summed E-state index contributed by atoms with van der Waals surface area (Å²) in [7, 11) is 0. The Morgan fingerprint density at radius 3 is 2.63 bits per heavy atom. The summed E-state index contributed by atoms with van der Waals surface area (Å²) in [5, 5.41) is 0. The molecule has 27 heavy (non-hydrogen) atoms. The molecule has 0 atom stereocenters. The number of aryl methyl sites for hydroxylation is 1. The molecule has 0 bridgehead atoms. The lowest BCUT2D eigenvalue weighted by atomic mass is 10.2. The first-order valence-corrected chi connectivity index (χ1v) is 9.20. The molecular formula is C20H23FN6. The first kappa shape index (κ1) is 18.7. The van der Waals surface area contributed by atoms with E-state index >= 15 is 0 Å². The number of imidazole rings is 2. The summed E-state index contributed by atoms with van der Waals surface area (Å²) in [6, 6.07) is 4.71. The second-order valence-corrected chi connectivity index (χ2v) is 5.78. The Bertz CT molecular complexity index is 1020. The van der Waals surface area contributed by atoms with Crippen molar-refractivity contribution < 1.29 is 4.39 Å². The van der Waals surface area contributed by atoms with Gasteiger partial charge in [-0.25, -0.2) is 15.0 Å². The molecule has 0 spiro atoms. The van der Waals surface area contributed by atoms with Crippen LogP contribution in [0.15, 0.2) is 49.2 Å². The van der Waals surface area contributed by atoms with Gasteiger partial charge < -0.3 is 8.97 Å². The van der Waals surface area contributed by atoms with Crippen molar-refractivity contribution in [3.05, 3.63) is 66.5 Å². The van der Waals surface area contributed by atoms with Gasteiger partial charge in [0.25, 0.3) is 0 Å². The Morgan fingerprint density at radius 2 is 1.85 bits per heavy atom. The molecule has 0 saturated carbocycles. The second kappa shape index (κ2) is 8.53. The van der Waals surface area contributed by atoms with Crippen LogP contribution in [0.2, 0.25) is 0 Å². The molecule has 4 aromatic heterocycles. The largest absolute Gasteiger partial charge is 0.324 e. The van der Waals surface area contributed by atoms with Crippen LogP contribution >= 0.6 is 0 Å². The average Bonchev–Trinajstić information content (AvgIpc) is 3.35. The maximum absolute atomic E-state index is 13.5. The third kappa shape index (κ3) is 3.86. The summed E-state index contributed by atoms with van der Waals surface area (Å²) in [4.78, 5) is 17.2. The molecule has 0 aromatic carbocycles. The molecule has 0 fully saturated rings. The molecule has 4 aromatic rings. The van der Waals surface area contributed by atoms with Crippen LogP contribution < -0.4 is 0 Å². The van der Waals surface area contributed by atoms with E-state index in [-0.39, 0.29) is 0 Å². The van der Waals surface area contributed by atoms with E-state index in [2.05, 4.69) is 31.3 Å². The summed E-state index contributed by atoms with van der Waals surface area (Å²) in [6.07, 6.45) is 11.0. The van der Waals surface area contributed by atoms with Crippen molar-refractivity contribution in [1.82, 2.24) is 28.9 Å². The molecule has 0 amide bonds. The van der Waals surface area contributed by atoms with Crippen molar-refractivity contribution in [3.63, 3.8) is 0 Å². The molecule has 0 aliphatic carbocycles. The minimum atomic E-state index is -0.517. The zero-order valence-corrected chi connectivity index (χ0v) is 15.8. The molecular weight excluding hydrogens is 343 g/mol. The van der Waals surface area contributed by atoms with Crippen LogP contribution in [-0.4, -0.2) is 28.9 Å². The molecule has 0 unspecified atom stereocenters. The molecule has 6 nitrogen and oxygen atoms in total. The Morgan fingerprint density at radius 1 is 1.04 bits per heavy atom. The summed E-state index contributed by atoms with van der Waals surface area (Å²) in [5.41, 5.74) is 3.42. The molecule has 0 N–H and O–H groups in total. The number of hydrogen-bond acceptors (Lipinski definition) is 4. The van der Waals surface area contributed by atoms with E-state index in [0.717, 1.165) is 29.9 Å². The van der Waals surface area contributed by atoms with Crippen LogP contribution in [0.3, 0.4) is 0 Å². The fourth-order valence-corrected chi connectivity index (χ4v) is 2.99. The molecule has 7 heteroatoms. The van der Waals surface area contributed by atoms with Gasteiger partial charge in [-0.3, -0.25) is 4.98 Å².